The van der Waals surface area contributed by atoms with Crippen molar-refractivity contribution in [3.8, 4) is 0 Å². The van der Waals surface area contributed by atoms with Gasteiger partial charge in [-0.05, 0) is 18.9 Å². The highest BCUT2D eigenvalue weighted by molar-refractivity contribution is 5.08. The van der Waals surface area contributed by atoms with E-state index in [0.29, 0.717) is 0 Å². The third kappa shape index (κ3) is 2.78. The molecule has 0 amide bonds. The van der Waals surface area contributed by atoms with Crippen LogP contribution in [0.25, 0.3) is 0 Å². The molecule has 4 nitrogen and oxygen atoms in total. The summed E-state index contributed by atoms with van der Waals surface area (Å²) in [6.07, 6.45) is -1.73. The Morgan fingerprint density at radius 3 is 2.65 bits per heavy atom. The Balaban J connectivity index is 1.79. The van der Waals surface area contributed by atoms with Gasteiger partial charge in [0.05, 0.1) is 12.6 Å². The summed E-state index contributed by atoms with van der Waals surface area (Å²) in [5.74, 6) is 0. The molecular weight excluding hydrogens is 235 g/mol. The van der Waals surface area contributed by atoms with Gasteiger partial charge in [-0.3, -0.25) is 4.68 Å². The van der Waals surface area contributed by atoms with Crippen LogP contribution < -0.4 is 5.32 Å². The van der Waals surface area contributed by atoms with Gasteiger partial charge in [-0.1, -0.05) is 0 Å². The Bertz CT molecular complexity index is 359. The SMILES string of the molecule is OC(CNC1(C(F)(F)F)CC1)Cn1cccn1. The number of nitrogens with one attached hydrogen (secondary N) is 1. The fourth-order valence-corrected chi connectivity index (χ4v) is 1.69. The van der Waals surface area contributed by atoms with Crippen LogP contribution in [0, 0.1) is 0 Å². The molecule has 1 unspecified atom stereocenters. The van der Waals surface area contributed by atoms with E-state index in [0.717, 1.165) is 0 Å². The lowest BCUT2D eigenvalue weighted by Gasteiger charge is -2.22. The van der Waals surface area contributed by atoms with Gasteiger partial charge in [0.2, 0.25) is 0 Å². The molecule has 96 valence electrons. The molecule has 0 radical (unpaired) electrons. The summed E-state index contributed by atoms with van der Waals surface area (Å²) < 4.78 is 39.2. The Hall–Kier alpha value is -1.08. The van der Waals surface area contributed by atoms with Crippen molar-refractivity contribution >= 4 is 0 Å². The first-order valence-electron chi connectivity index (χ1n) is 5.40. The van der Waals surface area contributed by atoms with Crippen LogP contribution in [0.1, 0.15) is 12.8 Å². The van der Waals surface area contributed by atoms with E-state index in [1.165, 1.54) is 4.68 Å². The molecule has 0 aromatic carbocycles. The number of alkyl halides is 3. The van der Waals surface area contributed by atoms with Gasteiger partial charge in [0.25, 0.3) is 0 Å². The Morgan fingerprint density at radius 1 is 1.47 bits per heavy atom. The second-order valence-corrected chi connectivity index (χ2v) is 4.34. The van der Waals surface area contributed by atoms with Crippen molar-refractivity contribution < 1.29 is 18.3 Å². The van der Waals surface area contributed by atoms with Crippen LogP contribution in [-0.4, -0.2) is 39.3 Å². The molecule has 7 heteroatoms. The van der Waals surface area contributed by atoms with Gasteiger partial charge in [-0.25, -0.2) is 0 Å². The molecule has 2 rings (SSSR count). The number of aliphatic hydroxyl groups excluding tert-OH is 1. The third-order valence-corrected chi connectivity index (χ3v) is 2.93. The maximum Gasteiger partial charge on any atom is 0.406 e. The molecule has 1 saturated carbocycles. The third-order valence-electron chi connectivity index (χ3n) is 2.93. The van der Waals surface area contributed by atoms with Gasteiger partial charge in [0, 0.05) is 18.9 Å². The smallest absolute Gasteiger partial charge is 0.390 e. The van der Waals surface area contributed by atoms with Gasteiger partial charge in [0.1, 0.15) is 5.54 Å². The van der Waals surface area contributed by atoms with E-state index in [1.54, 1.807) is 18.5 Å². The zero-order chi connectivity index (χ0) is 12.5. The molecule has 0 saturated heterocycles. The van der Waals surface area contributed by atoms with Crippen LogP contribution in [0.15, 0.2) is 18.5 Å². The average molecular weight is 249 g/mol. The van der Waals surface area contributed by atoms with E-state index in [1.807, 2.05) is 0 Å². The van der Waals surface area contributed by atoms with Crippen LogP contribution in [0.2, 0.25) is 0 Å². The van der Waals surface area contributed by atoms with Crippen LogP contribution in [0.4, 0.5) is 13.2 Å². The first-order chi connectivity index (χ1) is 7.93. The van der Waals surface area contributed by atoms with Gasteiger partial charge >= 0.3 is 6.18 Å². The Labute approximate surface area is 96.4 Å². The summed E-state index contributed by atoms with van der Waals surface area (Å²) in [6.45, 7) is 0.104. The molecule has 1 aromatic heterocycles. The van der Waals surface area contributed by atoms with E-state index in [-0.39, 0.29) is 25.9 Å². The maximum absolute atomic E-state index is 12.6. The van der Waals surface area contributed by atoms with E-state index < -0.39 is 17.8 Å². The number of aliphatic hydroxyl groups is 1. The minimum absolute atomic E-state index is 0.0840. The standard InChI is InChI=1S/C10H14F3N3O/c11-10(12,13)9(2-3-9)14-6-8(17)7-16-5-1-4-15-16/h1,4-5,8,14,17H,2-3,6-7H2. The first-order valence-corrected chi connectivity index (χ1v) is 5.40. The lowest BCUT2D eigenvalue weighted by atomic mass is 10.2. The number of rotatable bonds is 5. The minimum Gasteiger partial charge on any atom is -0.390 e. The van der Waals surface area contributed by atoms with E-state index in [4.69, 9.17) is 0 Å². The lowest BCUT2D eigenvalue weighted by Crippen LogP contribution is -2.48. The summed E-state index contributed by atoms with van der Waals surface area (Å²) in [4.78, 5) is 0. The molecular formula is C10H14F3N3O. The molecule has 1 heterocycles. The molecule has 1 fully saturated rings. The predicted octanol–water partition coefficient (Wildman–Crippen LogP) is 0.929. The minimum atomic E-state index is -4.24. The van der Waals surface area contributed by atoms with E-state index in [9.17, 15) is 18.3 Å². The summed E-state index contributed by atoms with van der Waals surface area (Å²) in [5.41, 5.74) is -1.77. The van der Waals surface area contributed by atoms with Crippen molar-refractivity contribution in [1.82, 2.24) is 15.1 Å². The number of halogens is 3. The Kier molecular flexibility index (Phi) is 3.13. The second kappa shape index (κ2) is 4.30. The van der Waals surface area contributed by atoms with Crippen molar-refractivity contribution in [3.05, 3.63) is 18.5 Å². The van der Waals surface area contributed by atoms with Crippen LogP contribution >= 0.6 is 0 Å². The van der Waals surface area contributed by atoms with Crippen molar-refractivity contribution in [2.24, 2.45) is 0 Å². The average Bonchev–Trinajstić information content (AvgIpc) is 2.88. The number of aromatic nitrogens is 2. The fraction of sp³-hybridized carbons (Fsp3) is 0.700. The number of nitrogens with zero attached hydrogens (tertiary/aromatic N) is 2. The van der Waals surface area contributed by atoms with Gasteiger partial charge < -0.3 is 10.4 Å². The molecule has 1 atom stereocenters. The highest BCUT2D eigenvalue weighted by Gasteiger charge is 2.63. The second-order valence-electron chi connectivity index (χ2n) is 4.34. The number of hydrogen-bond donors (Lipinski definition) is 2. The topological polar surface area (TPSA) is 50.1 Å². The quantitative estimate of drug-likeness (QED) is 0.816. The largest absolute Gasteiger partial charge is 0.406 e. The fourth-order valence-electron chi connectivity index (χ4n) is 1.69. The molecule has 0 aliphatic heterocycles. The first kappa shape index (κ1) is 12.4. The zero-order valence-electron chi connectivity index (χ0n) is 9.11. The lowest BCUT2D eigenvalue weighted by molar-refractivity contribution is -0.166. The highest BCUT2D eigenvalue weighted by atomic mass is 19.4. The van der Waals surface area contributed by atoms with E-state index >= 15 is 0 Å². The Morgan fingerprint density at radius 2 is 2.18 bits per heavy atom. The summed E-state index contributed by atoms with van der Waals surface area (Å²) >= 11 is 0. The summed E-state index contributed by atoms with van der Waals surface area (Å²) in [5, 5.41) is 15.9. The monoisotopic (exact) mass is 249 g/mol. The number of hydrogen-bond acceptors (Lipinski definition) is 3. The molecule has 17 heavy (non-hydrogen) atoms. The van der Waals surface area contributed by atoms with Crippen LogP contribution in [0.3, 0.4) is 0 Å². The maximum atomic E-state index is 12.6. The predicted molar refractivity (Wildman–Crippen MR) is 54.3 cm³/mol. The molecule has 1 aromatic rings. The molecule has 0 bridgehead atoms. The van der Waals surface area contributed by atoms with Gasteiger partial charge in [0.15, 0.2) is 0 Å². The van der Waals surface area contributed by atoms with Crippen molar-refractivity contribution in [1.29, 1.82) is 0 Å². The number of β-amino-alcohol motifs (C(OH)–C–C–N with tert-alkyl or cyclic N) is 1. The highest BCUT2D eigenvalue weighted by Crippen LogP contribution is 2.48. The molecule has 2 N–H and O–H groups in total. The van der Waals surface area contributed by atoms with Gasteiger partial charge in [-0.15, -0.1) is 0 Å². The van der Waals surface area contributed by atoms with E-state index in [2.05, 4.69) is 10.4 Å². The van der Waals surface area contributed by atoms with Crippen molar-refractivity contribution in [2.45, 2.75) is 37.2 Å². The molecule has 1 aliphatic rings. The summed E-state index contributed by atoms with van der Waals surface area (Å²) in [6, 6.07) is 1.69. The van der Waals surface area contributed by atoms with Crippen LogP contribution in [0.5, 0.6) is 0 Å². The summed E-state index contributed by atoms with van der Waals surface area (Å²) in [7, 11) is 0. The van der Waals surface area contributed by atoms with Crippen molar-refractivity contribution in [2.75, 3.05) is 6.54 Å². The molecule has 1 aliphatic carbocycles. The normalized spacial score (nSPS) is 20.2. The zero-order valence-corrected chi connectivity index (χ0v) is 9.11. The van der Waals surface area contributed by atoms with Crippen molar-refractivity contribution in [3.63, 3.8) is 0 Å². The molecule has 0 spiro atoms. The van der Waals surface area contributed by atoms with Crippen LogP contribution in [-0.2, 0) is 6.54 Å². The van der Waals surface area contributed by atoms with Gasteiger partial charge in [-0.2, -0.15) is 18.3 Å².